The van der Waals surface area contributed by atoms with Gasteiger partial charge in [0.15, 0.2) is 0 Å². The number of ether oxygens (including phenoxy) is 1. The average Bonchev–Trinajstić information content (AvgIpc) is 3.01. The van der Waals surface area contributed by atoms with Crippen LogP contribution in [0.15, 0.2) is 89.7 Å². The molecular formula is C34H32N4O5. The summed E-state index contributed by atoms with van der Waals surface area (Å²) in [5.74, 6) is -0.232. The van der Waals surface area contributed by atoms with Crippen LogP contribution < -0.4 is 20.5 Å². The maximum atomic E-state index is 14.7. The highest BCUT2D eigenvalue weighted by atomic mass is 16.5. The highest BCUT2D eigenvalue weighted by molar-refractivity contribution is 6.30. The number of fused-ring (bicyclic) bond motifs is 5. The standard InChI is InChI=1S/C34H32N4O5/c1-43-27-14-12-26(13-15-27)38-32(41)34(31(40)35-33(38)42,17-24-8-4-7-23-6-2-3-9-28(23)24)21-36-18-22-16-25(20-36)29-10-5-11-30(39)37(29)19-22/h2-15,22,25H,16-21H2,1H3,(H,35,40,42)/t22?,25-,34?/m0/s1. The van der Waals surface area contributed by atoms with E-state index in [1.165, 1.54) is 0 Å². The zero-order chi connectivity index (χ0) is 29.7. The van der Waals surface area contributed by atoms with Crippen molar-refractivity contribution in [3.63, 3.8) is 0 Å². The largest absolute Gasteiger partial charge is 0.497 e. The third kappa shape index (κ3) is 4.60. The molecule has 4 amide bonds. The van der Waals surface area contributed by atoms with Crippen molar-refractivity contribution in [1.29, 1.82) is 0 Å². The number of hydrogen-bond donors (Lipinski definition) is 1. The summed E-state index contributed by atoms with van der Waals surface area (Å²) in [7, 11) is 1.55. The Morgan fingerprint density at radius 3 is 2.44 bits per heavy atom. The lowest BCUT2D eigenvalue weighted by Crippen LogP contribution is -2.68. The molecule has 9 nitrogen and oxygen atoms in total. The van der Waals surface area contributed by atoms with Gasteiger partial charge in [-0.05, 0) is 65.4 Å². The summed E-state index contributed by atoms with van der Waals surface area (Å²) in [6.45, 7) is 2.00. The highest BCUT2D eigenvalue weighted by Gasteiger charge is 2.56. The Hall–Kier alpha value is -4.76. The second-order valence-corrected chi connectivity index (χ2v) is 11.9. The minimum absolute atomic E-state index is 0.00329. The number of amides is 4. The number of pyridine rings is 1. The number of aromatic nitrogens is 1. The number of benzene rings is 3. The van der Waals surface area contributed by atoms with Crippen LogP contribution in [0.3, 0.4) is 0 Å². The first kappa shape index (κ1) is 27.1. The number of urea groups is 1. The SMILES string of the molecule is COc1ccc(N2C(=O)NC(=O)C(Cc3cccc4ccccc34)(CN3CC4C[C@@H](C3)c3cccc(=O)n3C4)C2=O)cc1. The summed E-state index contributed by atoms with van der Waals surface area (Å²) in [5.41, 5.74) is 0.649. The Balaban J connectivity index is 1.30. The number of likely N-dealkylation sites (tertiary alicyclic amines) is 1. The van der Waals surface area contributed by atoms with E-state index in [0.29, 0.717) is 31.1 Å². The molecule has 1 N–H and O–H groups in total. The van der Waals surface area contributed by atoms with Crippen molar-refractivity contribution >= 4 is 34.3 Å². The summed E-state index contributed by atoms with van der Waals surface area (Å²) in [4.78, 5) is 57.8. The Morgan fingerprint density at radius 2 is 1.63 bits per heavy atom. The maximum absolute atomic E-state index is 14.7. The molecule has 43 heavy (non-hydrogen) atoms. The van der Waals surface area contributed by atoms with Gasteiger partial charge in [-0.25, -0.2) is 9.69 Å². The summed E-state index contributed by atoms with van der Waals surface area (Å²) in [6.07, 6.45) is 1.08. The molecule has 3 atom stereocenters. The number of imide groups is 2. The van der Waals surface area contributed by atoms with Gasteiger partial charge in [-0.15, -0.1) is 0 Å². The van der Waals surface area contributed by atoms with Gasteiger partial charge < -0.3 is 14.2 Å². The van der Waals surface area contributed by atoms with Crippen LogP contribution >= 0.6 is 0 Å². The molecule has 7 rings (SSSR count). The fraction of sp³-hybridized carbons (Fsp3) is 0.294. The summed E-state index contributed by atoms with van der Waals surface area (Å²) in [6, 6.07) is 25.1. The van der Waals surface area contributed by atoms with E-state index in [-0.39, 0.29) is 30.4 Å². The second-order valence-electron chi connectivity index (χ2n) is 11.9. The van der Waals surface area contributed by atoms with Crippen molar-refractivity contribution < 1.29 is 19.1 Å². The van der Waals surface area contributed by atoms with Crippen molar-refractivity contribution in [2.75, 3.05) is 31.6 Å². The molecule has 2 bridgehead atoms. The topological polar surface area (TPSA) is 101 Å². The van der Waals surface area contributed by atoms with Gasteiger partial charge in [-0.3, -0.25) is 19.7 Å². The number of barbiturate groups is 1. The van der Waals surface area contributed by atoms with Crippen LogP contribution in [-0.2, 0) is 22.6 Å². The van der Waals surface area contributed by atoms with Gasteiger partial charge in [-0.1, -0.05) is 48.5 Å². The second kappa shape index (κ2) is 10.5. The van der Waals surface area contributed by atoms with Gasteiger partial charge in [0, 0.05) is 43.9 Å². The smallest absolute Gasteiger partial charge is 0.335 e. The Kier molecular flexibility index (Phi) is 6.62. The summed E-state index contributed by atoms with van der Waals surface area (Å²) < 4.78 is 7.14. The van der Waals surface area contributed by atoms with Gasteiger partial charge >= 0.3 is 6.03 Å². The molecule has 3 aliphatic rings. The molecule has 0 radical (unpaired) electrons. The van der Waals surface area contributed by atoms with Crippen LogP contribution in [0.2, 0.25) is 0 Å². The number of piperidine rings is 1. The molecule has 2 unspecified atom stereocenters. The molecular weight excluding hydrogens is 544 g/mol. The Bertz CT molecular complexity index is 1810. The molecule has 9 heteroatoms. The third-order valence-electron chi connectivity index (χ3n) is 9.22. The summed E-state index contributed by atoms with van der Waals surface area (Å²) in [5, 5.41) is 4.50. The van der Waals surface area contributed by atoms with Gasteiger partial charge in [-0.2, -0.15) is 0 Å². The van der Waals surface area contributed by atoms with Crippen LogP contribution in [0.25, 0.3) is 10.8 Å². The zero-order valence-corrected chi connectivity index (χ0v) is 23.9. The molecule has 218 valence electrons. The first-order valence-corrected chi connectivity index (χ1v) is 14.6. The molecule has 4 heterocycles. The number of anilines is 1. The van der Waals surface area contributed by atoms with Gasteiger partial charge in [0.25, 0.3) is 11.5 Å². The molecule has 3 aromatic carbocycles. The molecule has 2 fully saturated rings. The third-order valence-corrected chi connectivity index (χ3v) is 9.22. The van der Waals surface area contributed by atoms with Crippen molar-refractivity contribution in [1.82, 2.24) is 14.8 Å². The van der Waals surface area contributed by atoms with E-state index < -0.39 is 23.3 Å². The number of carbonyl (C=O) groups excluding carboxylic acids is 3. The van der Waals surface area contributed by atoms with E-state index in [1.807, 2.05) is 53.1 Å². The Morgan fingerprint density at radius 1 is 0.860 bits per heavy atom. The number of carbonyl (C=O) groups is 3. The van der Waals surface area contributed by atoms with Crippen molar-refractivity contribution in [2.24, 2.45) is 11.3 Å². The number of hydrogen-bond acceptors (Lipinski definition) is 6. The first-order valence-electron chi connectivity index (χ1n) is 14.6. The van der Waals surface area contributed by atoms with E-state index in [4.69, 9.17) is 4.74 Å². The minimum Gasteiger partial charge on any atom is -0.497 e. The lowest BCUT2D eigenvalue weighted by Gasteiger charge is -2.47. The predicted octanol–water partition coefficient (Wildman–Crippen LogP) is 3.94. The van der Waals surface area contributed by atoms with Crippen LogP contribution in [0.1, 0.15) is 23.6 Å². The number of nitrogens with zero attached hydrogens (tertiary/aromatic N) is 3. The van der Waals surface area contributed by atoms with Crippen LogP contribution in [0, 0.1) is 11.3 Å². The maximum Gasteiger partial charge on any atom is 0.335 e. The molecule has 1 aromatic heterocycles. The normalized spacial score (nSPS) is 23.7. The monoisotopic (exact) mass is 576 g/mol. The quantitative estimate of drug-likeness (QED) is 0.349. The van der Waals surface area contributed by atoms with Crippen LogP contribution in [0.5, 0.6) is 5.75 Å². The predicted molar refractivity (Wildman–Crippen MR) is 162 cm³/mol. The fourth-order valence-electron chi connectivity index (χ4n) is 7.27. The lowest BCUT2D eigenvalue weighted by atomic mass is 9.75. The molecule has 0 spiro atoms. The van der Waals surface area contributed by atoms with Crippen LogP contribution in [0.4, 0.5) is 10.5 Å². The summed E-state index contributed by atoms with van der Waals surface area (Å²) >= 11 is 0. The zero-order valence-electron chi connectivity index (χ0n) is 23.9. The fourth-order valence-corrected chi connectivity index (χ4v) is 7.27. The molecule has 4 aromatic rings. The van der Waals surface area contributed by atoms with Gasteiger partial charge in [0.2, 0.25) is 5.91 Å². The molecule has 3 aliphatic heterocycles. The van der Waals surface area contributed by atoms with Crippen molar-refractivity contribution in [3.8, 4) is 5.75 Å². The van der Waals surface area contributed by atoms with Crippen LogP contribution in [-0.4, -0.2) is 54.1 Å². The number of rotatable bonds is 6. The Labute approximate surface area is 248 Å². The number of nitrogens with one attached hydrogen (secondary N) is 1. The minimum atomic E-state index is -1.57. The van der Waals surface area contributed by atoms with Gasteiger partial charge in [0.1, 0.15) is 11.2 Å². The van der Waals surface area contributed by atoms with E-state index >= 15 is 0 Å². The average molecular weight is 577 g/mol. The van der Waals surface area contributed by atoms with E-state index in [2.05, 4.69) is 10.2 Å². The van der Waals surface area contributed by atoms with E-state index in [9.17, 15) is 19.2 Å². The van der Waals surface area contributed by atoms with E-state index in [1.54, 1.807) is 43.5 Å². The highest BCUT2D eigenvalue weighted by Crippen LogP contribution is 2.40. The van der Waals surface area contributed by atoms with Crippen molar-refractivity contribution in [3.05, 3.63) is 107 Å². The lowest BCUT2D eigenvalue weighted by molar-refractivity contribution is -0.144. The van der Waals surface area contributed by atoms with E-state index in [0.717, 1.165) is 33.4 Å². The molecule has 0 aliphatic carbocycles. The number of methoxy groups -OCH3 is 1. The van der Waals surface area contributed by atoms with Crippen molar-refractivity contribution in [2.45, 2.75) is 25.3 Å². The van der Waals surface area contributed by atoms with Gasteiger partial charge in [0.05, 0.1) is 12.8 Å². The molecule has 2 saturated heterocycles. The molecule has 0 saturated carbocycles. The first-order chi connectivity index (χ1) is 20.9.